The first-order chi connectivity index (χ1) is 19.3. The summed E-state index contributed by atoms with van der Waals surface area (Å²) in [6.45, 7) is 0. The van der Waals surface area contributed by atoms with E-state index in [-0.39, 0.29) is 11.3 Å². The largest absolute Gasteiger partial charge is 0.475 e. The van der Waals surface area contributed by atoms with Crippen LogP contribution in [-0.2, 0) is 21.2 Å². The molecule has 5 rings (SSSR count). The Labute approximate surface area is 233 Å². The number of rotatable bonds is 12. The van der Waals surface area contributed by atoms with Crippen molar-refractivity contribution >= 4 is 40.2 Å². The molecule has 1 fully saturated rings. The SMILES string of the molecule is O=C(N[C@@H](CC1CC1)B(O)O)C(C=NS(=O)(=O)c1ccc(Oc2ccc3[nH]ccc3c2)cc1)Cc1ccccc1. The van der Waals surface area contributed by atoms with Crippen molar-refractivity contribution in [3.05, 3.63) is 90.6 Å². The van der Waals surface area contributed by atoms with Gasteiger partial charge in [0.15, 0.2) is 0 Å². The summed E-state index contributed by atoms with van der Waals surface area (Å²) < 4.78 is 35.8. The van der Waals surface area contributed by atoms with Crippen molar-refractivity contribution in [2.24, 2.45) is 16.2 Å². The molecule has 1 aliphatic rings. The molecule has 206 valence electrons. The van der Waals surface area contributed by atoms with E-state index in [0.717, 1.165) is 35.5 Å². The van der Waals surface area contributed by atoms with E-state index in [1.165, 1.54) is 12.1 Å². The topological polar surface area (TPSA) is 141 Å². The van der Waals surface area contributed by atoms with Crippen molar-refractivity contribution in [2.45, 2.75) is 36.5 Å². The van der Waals surface area contributed by atoms with Gasteiger partial charge >= 0.3 is 7.12 Å². The molecule has 4 N–H and O–H groups in total. The molecule has 40 heavy (non-hydrogen) atoms. The minimum atomic E-state index is -4.11. The Balaban J connectivity index is 1.30. The Morgan fingerprint density at radius 2 is 1.77 bits per heavy atom. The standard InChI is InChI=1S/C29H30BN3O6S/c34-29(33-28(30(35)36)17-21-6-7-21)23(16-20-4-2-1-3-5-20)19-32-40(37,38)26-11-8-24(9-12-26)39-25-10-13-27-22(18-25)14-15-31-27/h1-5,8-15,18-19,21,23,28,31,35-36H,6-7,16-17H2,(H,33,34)/t23?,28-/m0/s1. The minimum Gasteiger partial charge on any atom is -0.457 e. The van der Waals surface area contributed by atoms with Gasteiger partial charge < -0.3 is 25.1 Å². The van der Waals surface area contributed by atoms with Crippen LogP contribution in [0.3, 0.4) is 0 Å². The Morgan fingerprint density at radius 3 is 2.48 bits per heavy atom. The molecule has 1 unspecified atom stereocenters. The number of ether oxygens (including phenoxy) is 1. The Hall–Kier alpha value is -3.93. The maximum atomic E-state index is 13.2. The fourth-order valence-electron chi connectivity index (χ4n) is 4.46. The van der Waals surface area contributed by atoms with E-state index in [0.29, 0.717) is 23.8 Å². The summed E-state index contributed by atoms with van der Waals surface area (Å²) in [7, 11) is -5.83. The molecule has 2 atom stereocenters. The van der Waals surface area contributed by atoms with E-state index in [9.17, 15) is 23.3 Å². The van der Waals surface area contributed by atoms with Crippen LogP contribution in [0.2, 0.25) is 0 Å². The van der Waals surface area contributed by atoms with Crippen molar-refractivity contribution in [1.29, 1.82) is 0 Å². The van der Waals surface area contributed by atoms with Gasteiger partial charge in [0.1, 0.15) is 11.5 Å². The summed E-state index contributed by atoms with van der Waals surface area (Å²) in [6.07, 6.45) is 5.57. The van der Waals surface area contributed by atoms with Gasteiger partial charge in [0, 0.05) is 23.3 Å². The average Bonchev–Trinajstić information content (AvgIpc) is 3.64. The quantitative estimate of drug-likeness (QED) is 0.153. The van der Waals surface area contributed by atoms with E-state index in [1.807, 2.05) is 60.8 Å². The van der Waals surface area contributed by atoms with Gasteiger partial charge in [0.05, 0.1) is 16.8 Å². The zero-order valence-electron chi connectivity index (χ0n) is 21.7. The number of sulfonamides is 1. The number of fused-ring (bicyclic) bond motifs is 1. The van der Waals surface area contributed by atoms with Crippen LogP contribution in [0.25, 0.3) is 10.9 Å². The molecular formula is C29H30BN3O6S. The zero-order valence-corrected chi connectivity index (χ0v) is 22.5. The monoisotopic (exact) mass is 559 g/mol. The van der Waals surface area contributed by atoms with Gasteiger partial charge in [-0.2, -0.15) is 12.8 Å². The second-order valence-corrected chi connectivity index (χ2v) is 11.7. The van der Waals surface area contributed by atoms with E-state index < -0.39 is 34.9 Å². The molecule has 11 heteroatoms. The first-order valence-electron chi connectivity index (χ1n) is 13.1. The summed E-state index contributed by atoms with van der Waals surface area (Å²) in [4.78, 5) is 16.2. The van der Waals surface area contributed by atoms with Crippen LogP contribution in [-0.4, -0.2) is 48.6 Å². The normalized spacial score (nSPS) is 15.2. The molecule has 1 saturated carbocycles. The number of carbonyl (C=O) groups excluding carboxylic acids is 1. The van der Waals surface area contributed by atoms with E-state index in [1.54, 1.807) is 12.1 Å². The number of carbonyl (C=O) groups is 1. The number of nitrogens with zero attached hydrogens (tertiary/aromatic N) is 1. The third kappa shape index (κ3) is 7.18. The number of hydrogen-bond acceptors (Lipinski definition) is 6. The van der Waals surface area contributed by atoms with E-state index in [2.05, 4.69) is 14.7 Å². The average molecular weight is 559 g/mol. The second kappa shape index (κ2) is 12.1. The molecule has 1 heterocycles. The number of aromatic nitrogens is 1. The van der Waals surface area contributed by atoms with Crippen LogP contribution < -0.4 is 10.1 Å². The Bertz CT molecular complexity index is 1590. The number of hydrogen-bond donors (Lipinski definition) is 4. The molecule has 0 bridgehead atoms. The Kier molecular flexibility index (Phi) is 8.34. The lowest BCUT2D eigenvalue weighted by atomic mass is 9.76. The predicted octanol–water partition coefficient (Wildman–Crippen LogP) is 3.88. The molecular weight excluding hydrogens is 529 g/mol. The second-order valence-electron chi connectivity index (χ2n) is 10.0. The molecule has 0 aliphatic heterocycles. The number of nitrogens with one attached hydrogen (secondary N) is 2. The van der Waals surface area contributed by atoms with Gasteiger partial charge in [0.2, 0.25) is 5.91 Å². The third-order valence-corrected chi connectivity index (χ3v) is 8.14. The molecule has 4 aromatic rings. The van der Waals surface area contributed by atoms with E-state index >= 15 is 0 Å². The summed E-state index contributed by atoms with van der Waals surface area (Å²) in [5.41, 5.74) is 1.80. The lowest BCUT2D eigenvalue weighted by Gasteiger charge is -2.20. The van der Waals surface area contributed by atoms with Crippen molar-refractivity contribution in [2.75, 3.05) is 0 Å². The fourth-order valence-corrected chi connectivity index (χ4v) is 5.37. The lowest BCUT2D eigenvalue weighted by Crippen LogP contribution is -2.49. The van der Waals surface area contributed by atoms with Gasteiger partial charge in [-0.25, -0.2) is 0 Å². The molecule has 0 spiro atoms. The first kappa shape index (κ1) is 27.6. The van der Waals surface area contributed by atoms with Gasteiger partial charge in [-0.15, -0.1) is 0 Å². The summed E-state index contributed by atoms with van der Waals surface area (Å²) in [5, 5.41) is 23.2. The number of H-pyrrole nitrogens is 1. The van der Waals surface area contributed by atoms with Crippen molar-refractivity contribution in [3.8, 4) is 11.5 Å². The minimum absolute atomic E-state index is 0.0477. The number of benzene rings is 3. The van der Waals surface area contributed by atoms with Crippen LogP contribution in [0, 0.1) is 11.8 Å². The highest BCUT2D eigenvalue weighted by molar-refractivity contribution is 7.90. The van der Waals surface area contributed by atoms with Crippen LogP contribution in [0.15, 0.2) is 94.4 Å². The number of amides is 1. The summed E-state index contributed by atoms with van der Waals surface area (Å²) in [5.74, 6) is -0.883. The zero-order chi connectivity index (χ0) is 28.1. The highest BCUT2D eigenvalue weighted by Crippen LogP contribution is 2.33. The predicted molar refractivity (Wildman–Crippen MR) is 154 cm³/mol. The summed E-state index contributed by atoms with van der Waals surface area (Å²) >= 11 is 0. The van der Waals surface area contributed by atoms with Gasteiger partial charge in [0.25, 0.3) is 10.0 Å². The van der Waals surface area contributed by atoms with Crippen molar-refractivity contribution in [3.63, 3.8) is 0 Å². The van der Waals surface area contributed by atoms with Crippen molar-refractivity contribution < 1.29 is 28.0 Å². The highest BCUT2D eigenvalue weighted by Gasteiger charge is 2.34. The molecule has 3 aromatic carbocycles. The Morgan fingerprint density at radius 1 is 1.05 bits per heavy atom. The van der Waals surface area contributed by atoms with Crippen LogP contribution in [0.5, 0.6) is 11.5 Å². The molecule has 1 aliphatic carbocycles. The molecule has 9 nitrogen and oxygen atoms in total. The highest BCUT2D eigenvalue weighted by atomic mass is 32.2. The molecule has 0 saturated heterocycles. The first-order valence-corrected chi connectivity index (χ1v) is 14.6. The van der Waals surface area contributed by atoms with Crippen molar-refractivity contribution in [1.82, 2.24) is 10.3 Å². The lowest BCUT2D eigenvalue weighted by molar-refractivity contribution is -0.123. The molecule has 1 aromatic heterocycles. The van der Waals surface area contributed by atoms with Crippen LogP contribution in [0.1, 0.15) is 24.8 Å². The smallest absolute Gasteiger partial charge is 0.457 e. The van der Waals surface area contributed by atoms with Gasteiger partial charge in [-0.3, -0.25) is 4.79 Å². The number of aromatic amines is 1. The molecule has 1 amide bonds. The van der Waals surface area contributed by atoms with E-state index in [4.69, 9.17) is 4.74 Å². The maximum absolute atomic E-state index is 13.2. The third-order valence-electron chi connectivity index (χ3n) is 6.87. The summed E-state index contributed by atoms with van der Waals surface area (Å²) in [6, 6.07) is 22.6. The van der Waals surface area contributed by atoms with Gasteiger partial charge in [-0.1, -0.05) is 43.2 Å². The van der Waals surface area contributed by atoms with Gasteiger partial charge in [-0.05, 0) is 72.9 Å². The molecule has 0 radical (unpaired) electrons. The fraction of sp³-hybridized carbons (Fsp3) is 0.241. The maximum Gasteiger partial charge on any atom is 0.475 e. The van der Waals surface area contributed by atoms with Crippen LogP contribution in [0.4, 0.5) is 0 Å². The van der Waals surface area contributed by atoms with Crippen LogP contribution >= 0.6 is 0 Å².